The number of rotatable bonds is 6. The first-order valence-corrected chi connectivity index (χ1v) is 7.39. The number of carbonyl (C=O) groups is 1. The highest BCUT2D eigenvalue weighted by Crippen LogP contribution is 2.23. The van der Waals surface area contributed by atoms with Crippen molar-refractivity contribution in [2.75, 3.05) is 11.9 Å². The summed E-state index contributed by atoms with van der Waals surface area (Å²) in [4.78, 5) is 10.9. The summed E-state index contributed by atoms with van der Waals surface area (Å²) in [6.45, 7) is 5.64. The highest BCUT2D eigenvalue weighted by Gasteiger charge is 2.20. The first-order valence-electron chi connectivity index (χ1n) is 5.91. The van der Waals surface area contributed by atoms with Crippen LogP contribution in [-0.4, -0.2) is 32.1 Å². The Morgan fingerprint density at radius 2 is 2.00 bits per heavy atom. The minimum absolute atomic E-state index is 0.0336. The monoisotopic (exact) mass is 286 g/mol. The number of sulfonamides is 1. The normalized spacial score (nSPS) is 11.6. The van der Waals surface area contributed by atoms with E-state index in [4.69, 9.17) is 5.11 Å². The third-order valence-corrected chi connectivity index (χ3v) is 3.88. The van der Waals surface area contributed by atoms with Crippen LogP contribution in [0.4, 0.5) is 5.69 Å². The maximum atomic E-state index is 12.1. The standard InChI is InChI=1S/C12H18N2O4S/c1-4-13-19(17,18)11-7-9(12(15)16)5-6-10(11)14-8(2)3/h5-8,13-14H,4H2,1-3H3,(H,15,16). The molecule has 106 valence electrons. The lowest BCUT2D eigenvalue weighted by Gasteiger charge is -2.15. The van der Waals surface area contributed by atoms with Gasteiger partial charge in [-0.3, -0.25) is 0 Å². The van der Waals surface area contributed by atoms with Crippen LogP contribution < -0.4 is 10.0 Å². The quantitative estimate of drug-likeness (QED) is 0.736. The Kier molecular flexibility index (Phi) is 4.90. The number of anilines is 1. The van der Waals surface area contributed by atoms with Gasteiger partial charge in [0.15, 0.2) is 0 Å². The molecule has 0 radical (unpaired) electrons. The van der Waals surface area contributed by atoms with Gasteiger partial charge in [0.05, 0.1) is 11.3 Å². The number of hydrogen-bond donors (Lipinski definition) is 3. The molecule has 0 amide bonds. The van der Waals surface area contributed by atoms with Crippen molar-refractivity contribution in [1.82, 2.24) is 4.72 Å². The number of carboxylic acids is 1. The van der Waals surface area contributed by atoms with Crippen molar-refractivity contribution >= 4 is 21.7 Å². The molecule has 0 atom stereocenters. The summed E-state index contributed by atoms with van der Waals surface area (Å²) in [6, 6.07) is 4.03. The van der Waals surface area contributed by atoms with Gasteiger partial charge in [0.1, 0.15) is 4.90 Å². The van der Waals surface area contributed by atoms with E-state index in [0.717, 1.165) is 6.07 Å². The van der Waals surface area contributed by atoms with Crippen LogP contribution in [-0.2, 0) is 10.0 Å². The Balaban J connectivity index is 3.37. The molecule has 1 aromatic carbocycles. The van der Waals surface area contributed by atoms with Crippen molar-refractivity contribution in [3.8, 4) is 0 Å². The van der Waals surface area contributed by atoms with Crippen molar-refractivity contribution < 1.29 is 18.3 Å². The van der Waals surface area contributed by atoms with Gasteiger partial charge in [0, 0.05) is 12.6 Å². The summed E-state index contributed by atoms with van der Waals surface area (Å²) in [5.74, 6) is -1.16. The van der Waals surface area contributed by atoms with Gasteiger partial charge in [-0.15, -0.1) is 0 Å². The lowest BCUT2D eigenvalue weighted by atomic mass is 10.2. The van der Waals surface area contributed by atoms with Crippen LogP contribution in [0.1, 0.15) is 31.1 Å². The van der Waals surface area contributed by atoms with Crippen molar-refractivity contribution in [1.29, 1.82) is 0 Å². The molecule has 0 aliphatic heterocycles. The van der Waals surface area contributed by atoms with Crippen LogP contribution in [0.2, 0.25) is 0 Å². The Morgan fingerprint density at radius 1 is 1.37 bits per heavy atom. The molecule has 3 N–H and O–H groups in total. The third kappa shape index (κ3) is 3.93. The van der Waals surface area contributed by atoms with E-state index in [2.05, 4.69) is 10.0 Å². The van der Waals surface area contributed by atoms with Gasteiger partial charge in [-0.2, -0.15) is 0 Å². The average Bonchev–Trinajstić information content (AvgIpc) is 2.28. The smallest absolute Gasteiger partial charge is 0.335 e. The first-order chi connectivity index (χ1) is 8.77. The van der Waals surface area contributed by atoms with Gasteiger partial charge in [0.2, 0.25) is 10.0 Å². The summed E-state index contributed by atoms with van der Waals surface area (Å²) in [5.41, 5.74) is 0.326. The van der Waals surface area contributed by atoms with E-state index in [1.54, 1.807) is 6.92 Å². The van der Waals surface area contributed by atoms with Crippen LogP contribution in [0.15, 0.2) is 23.1 Å². The van der Waals surface area contributed by atoms with Gasteiger partial charge in [-0.05, 0) is 32.0 Å². The fourth-order valence-corrected chi connectivity index (χ4v) is 2.81. The zero-order chi connectivity index (χ0) is 14.6. The van der Waals surface area contributed by atoms with Crippen molar-refractivity contribution in [3.05, 3.63) is 23.8 Å². The molecular weight excluding hydrogens is 268 g/mol. The predicted molar refractivity (Wildman–Crippen MR) is 73.0 cm³/mol. The molecule has 1 aromatic rings. The fourth-order valence-electron chi connectivity index (χ4n) is 1.58. The molecule has 0 aromatic heterocycles. The summed E-state index contributed by atoms with van der Waals surface area (Å²) in [5, 5.41) is 11.9. The second-order valence-corrected chi connectivity index (χ2v) is 6.05. The molecule has 6 nitrogen and oxygen atoms in total. The summed E-state index contributed by atoms with van der Waals surface area (Å²) in [7, 11) is -3.72. The van der Waals surface area contributed by atoms with E-state index in [1.165, 1.54) is 12.1 Å². The fraction of sp³-hybridized carbons (Fsp3) is 0.417. The van der Waals surface area contributed by atoms with Gasteiger partial charge in [-0.1, -0.05) is 6.92 Å². The molecule has 1 rings (SSSR count). The van der Waals surface area contributed by atoms with Gasteiger partial charge < -0.3 is 10.4 Å². The number of benzene rings is 1. The van der Waals surface area contributed by atoms with Crippen LogP contribution in [0.3, 0.4) is 0 Å². The lowest BCUT2D eigenvalue weighted by Crippen LogP contribution is -2.25. The average molecular weight is 286 g/mol. The number of nitrogens with one attached hydrogen (secondary N) is 2. The molecule has 0 aliphatic carbocycles. The Bertz CT molecular complexity index is 567. The minimum atomic E-state index is -3.72. The molecule has 0 bridgehead atoms. The Labute approximate surface area is 112 Å². The van der Waals surface area contributed by atoms with E-state index >= 15 is 0 Å². The van der Waals surface area contributed by atoms with Gasteiger partial charge in [-0.25, -0.2) is 17.9 Å². The third-order valence-electron chi connectivity index (χ3n) is 2.30. The molecule has 0 unspecified atom stereocenters. The summed E-state index contributed by atoms with van der Waals surface area (Å²) in [6.07, 6.45) is 0. The molecule has 0 spiro atoms. The van der Waals surface area contributed by atoms with Crippen molar-refractivity contribution in [2.24, 2.45) is 0 Å². The highest BCUT2D eigenvalue weighted by atomic mass is 32.2. The van der Waals surface area contributed by atoms with Crippen LogP contribution in [0, 0.1) is 0 Å². The van der Waals surface area contributed by atoms with E-state index < -0.39 is 16.0 Å². The maximum absolute atomic E-state index is 12.1. The molecular formula is C12H18N2O4S. The summed E-state index contributed by atoms with van der Waals surface area (Å²) >= 11 is 0. The van der Waals surface area contributed by atoms with E-state index in [9.17, 15) is 13.2 Å². The van der Waals surface area contributed by atoms with Crippen LogP contribution in [0.5, 0.6) is 0 Å². The topological polar surface area (TPSA) is 95.5 Å². The van der Waals surface area contributed by atoms with Crippen LogP contribution >= 0.6 is 0 Å². The number of aromatic carboxylic acids is 1. The molecule has 0 aliphatic rings. The minimum Gasteiger partial charge on any atom is -0.478 e. The largest absolute Gasteiger partial charge is 0.478 e. The number of hydrogen-bond acceptors (Lipinski definition) is 4. The Morgan fingerprint density at radius 3 is 2.47 bits per heavy atom. The second-order valence-electron chi connectivity index (χ2n) is 4.32. The van der Waals surface area contributed by atoms with E-state index in [1.807, 2.05) is 13.8 Å². The molecule has 19 heavy (non-hydrogen) atoms. The van der Waals surface area contributed by atoms with E-state index in [-0.39, 0.29) is 23.0 Å². The molecule has 0 fully saturated rings. The Hall–Kier alpha value is -1.60. The predicted octanol–water partition coefficient (Wildman–Crippen LogP) is 1.50. The maximum Gasteiger partial charge on any atom is 0.335 e. The molecule has 7 heteroatoms. The molecule has 0 saturated carbocycles. The molecule has 0 heterocycles. The zero-order valence-corrected chi connectivity index (χ0v) is 11.9. The van der Waals surface area contributed by atoms with Gasteiger partial charge >= 0.3 is 5.97 Å². The lowest BCUT2D eigenvalue weighted by molar-refractivity contribution is 0.0696. The highest BCUT2D eigenvalue weighted by molar-refractivity contribution is 7.89. The van der Waals surface area contributed by atoms with E-state index in [0.29, 0.717) is 5.69 Å². The van der Waals surface area contributed by atoms with Gasteiger partial charge in [0.25, 0.3) is 0 Å². The van der Waals surface area contributed by atoms with Crippen molar-refractivity contribution in [2.45, 2.75) is 31.7 Å². The SMILES string of the molecule is CCNS(=O)(=O)c1cc(C(=O)O)ccc1NC(C)C. The second kappa shape index (κ2) is 6.03. The van der Waals surface area contributed by atoms with Crippen LogP contribution in [0.25, 0.3) is 0 Å². The van der Waals surface area contributed by atoms with Crippen molar-refractivity contribution in [3.63, 3.8) is 0 Å². The number of carboxylic acid groups (broad SMARTS) is 1. The first kappa shape index (κ1) is 15.5. The molecule has 0 saturated heterocycles. The zero-order valence-electron chi connectivity index (χ0n) is 11.1. The summed E-state index contributed by atoms with van der Waals surface area (Å²) < 4.78 is 26.5.